The molecule has 1 aromatic heterocycles. The predicted molar refractivity (Wildman–Crippen MR) is 81.0 cm³/mol. The van der Waals surface area contributed by atoms with Crippen molar-refractivity contribution in [2.75, 3.05) is 5.32 Å². The summed E-state index contributed by atoms with van der Waals surface area (Å²) >= 11 is 7.33. The topological polar surface area (TPSA) is 87.7 Å². The molecule has 0 saturated heterocycles. The molecule has 1 aromatic carbocycles. The fraction of sp³-hybridized carbons (Fsp3) is 0.0769. The molecule has 1 heterocycles. The Morgan fingerprint density at radius 2 is 2.15 bits per heavy atom. The van der Waals surface area contributed by atoms with E-state index in [1.54, 1.807) is 24.3 Å². The highest BCUT2D eigenvalue weighted by atomic mass is 35.5. The summed E-state index contributed by atoms with van der Waals surface area (Å²) in [5, 5.41) is 16.6. The van der Waals surface area contributed by atoms with Gasteiger partial charge in [-0.05, 0) is 30.0 Å². The maximum Gasteiger partial charge on any atom is 0.267 e. The second-order valence-electron chi connectivity index (χ2n) is 4.05. The molecule has 7 heteroatoms. The van der Waals surface area contributed by atoms with Gasteiger partial charge in [0.1, 0.15) is 4.88 Å². The highest BCUT2D eigenvalue weighted by Crippen LogP contribution is 2.28. The number of amidine groups is 1. The number of halogens is 1. The van der Waals surface area contributed by atoms with Crippen molar-refractivity contribution in [1.82, 2.24) is 0 Å². The van der Waals surface area contributed by atoms with Crippen LogP contribution in [-0.4, -0.2) is 17.0 Å². The van der Waals surface area contributed by atoms with E-state index in [2.05, 4.69) is 10.5 Å². The summed E-state index contributed by atoms with van der Waals surface area (Å²) in [6.45, 7) is 1.83. The SMILES string of the molecule is Cc1csc(C(=O)Nc2ccccc2/C(N)=N/O)c1Cl. The molecule has 5 nitrogen and oxygen atoms in total. The van der Waals surface area contributed by atoms with Gasteiger partial charge in [-0.2, -0.15) is 0 Å². The quantitative estimate of drug-likeness (QED) is 0.352. The maximum absolute atomic E-state index is 12.2. The molecular weight excluding hydrogens is 298 g/mol. The van der Waals surface area contributed by atoms with Crippen LogP contribution in [0.3, 0.4) is 0 Å². The summed E-state index contributed by atoms with van der Waals surface area (Å²) in [6.07, 6.45) is 0. The zero-order chi connectivity index (χ0) is 14.7. The van der Waals surface area contributed by atoms with Crippen molar-refractivity contribution in [3.8, 4) is 0 Å². The van der Waals surface area contributed by atoms with Crippen molar-refractivity contribution in [2.24, 2.45) is 10.9 Å². The highest BCUT2D eigenvalue weighted by molar-refractivity contribution is 7.13. The standard InChI is InChI=1S/C13H12ClN3O2S/c1-7-6-20-11(10(7)14)13(18)16-9-5-3-2-4-8(9)12(15)17-19/h2-6,19H,1H3,(H2,15,17)(H,16,18). The molecule has 0 bridgehead atoms. The molecule has 1 amide bonds. The Kier molecular flexibility index (Phi) is 4.26. The Morgan fingerprint density at radius 1 is 1.45 bits per heavy atom. The van der Waals surface area contributed by atoms with E-state index in [9.17, 15) is 4.79 Å². The Bertz CT molecular complexity index is 682. The minimum absolute atomic E-state index is 0.0747. The van der Waals surface area contributed by atoms with Gasteiger partial charge < -0.3 is 16.3 Å². The number of aryl methyl sites for hydroxylation is 1. The van der Waals surface area contributed by atoms with Crippen molar-refractivity contribution in [3.63, 3.8) is 0 Å². The van der Waals surface area contributed by atoms with Gasteiger partial charge in [0, 0.05) is 5.56 Å². The minimum atomic E-state index is -0.328. The third-order valence-electron chi connectivity index (χ3n) is 2.66. The van der Waals surface area contributed by atoms with Gasteiger partial charge in [-0.25, -0.2) is 0 Å². The van der Waals surface area contributed by atoms with E-state index in [0.29, 0.717) is 21.2 Å². The molecule has 2 aromatic rings. The Morgan fingerprint density at radius 3 is 2.75 bits per heavy atom. The second kappa shape index (κ2) is 5.94. The summed E-state index contributed by atoms with van der Waals surface area (Å²) < 4.78 is 0. The van der Waals surface area contributed by atoms with Crippen LogP contribution in [0.4, 0.5) is 5.69 Å². The van der Waals surface area contributed by atoms with Gasteiger partial charge in [0.15, 0.2) is 5.84 Å². The number of nitrogens with zero attached hydrogens (tertiary/aromatic N) is 1. The average Bonchev–Trinajstić information content (AvgIpc) is 2.79. The average molecular weight is 310 g/mol. The van der Waals surface area contributed by atoms with Crippen LogP contribution in [-0.2, 0) is 0 Å². The second-order valence-corrected chi connectivity index (χ2v) is 5.30. The number of amides is 1. The number of benzene rings is 1. The van der Waals surface area contributed by atoms with E-state index in [-0.39, 0.29) is 11.7 Å². The van der Waals surface area contributed by atoms with Gasteiger partial charge in [0.25, 0.3) is 5.91 Å². The van der Waals surface area contributed by atoms with Crippen molar-refractivity contribution in [1.29, 1.82) is 0 Å². The van der Waals surface area contributed by atoms with E-state index in [0.717, 1.165) is 5.56 Å². The van der Waals surface area contributed by atoms with Crippen molar-refractivity contribution in [3.05, 3.63) is 50.7 Å². The number of carbonyl (C=O) groups excluding carboxylic acids is 1. The summed E-state index contributed by atoms with van der Waals surface area (Å²) in [5.41, 5.74) is 7.31. The molecule has 20 heavy (non-hydrogen) atoms. The van der Waals surface area contributed by atoms with E-state index < -0.39 is 0 Å². The third kappa shape index (κ3) is 2.76. The van der Waals surface area contributed by atoms with Gasteiger partial charge in [-0.15, -0.1) is 11.3 Å². The number of thiophene rings is 1. The largest absolute Gasteiger partial charge is 0.409 e. The number of rotatable bonds is 3. The monoisotopic (exact) mass is 309 g/mol. The van der Waals surface area contributed by atoms with Gasteiger partial charge >= 0.3 is 0 Å². The summed E-state index contributed by atoms with van der Waals surface area (Å²) in [7, 11) is 0. The molecule has 104 valence electrons. The number of nitrogens with one attached hydrogen (secondary N) is 1. The van der Waals surface area contributed by atoms with Crippen LogP contribution in [0, 0.1) is 6.92 Å². The molecule has 0 spiro atoms. The van der Waals surface area contributed by atoms with E-state index >= 15 is 0 Å². The Balaban J connectivity index is 2.31. The number of carbonyl (C=O) groups is 1. The molecule has 0 fully saturated rings. The van der Waals surface area contributed by atoms with Crippen LogP contribution in [0.15, 0.2) is 34.8 Å². The summed E-state index contributed by atoms with van der Waals surface area (Å²) in [6, 6.07) is 6.78. The zero-order valence-electron chi connectivity index (χ0n) is 10.6. The number of oxime groups is 1. The van der Waals surface area contributed by atoms with Crippen LogP contribution in [0.5, 0.6) is 0 Å². The third-order valence-corrected chi connectivity index (χ3v) is 4.36. The van der Waals surface area contributed by atoms with Crippen LogP contribution in [0.1, 0.15) is 20.8 Å². The fourth-order valence-corrected chi connectivity index (χ4v) is 2.81. The first-order valence-electron chi connectivity index (χ1n) is 5.66. The van der Waals surface area contributed by atoms with Crippen LogP contribution >= 0.6 is 22.9 Å². The summed E-state index contributed by atoms with van der Waals surface area (Å²) in [4.78, 5) is 12.6. The van der Waals surface area contributed by atoms with Crippen molar-refractivity contribution in [2.45, 2.75) is 6.92 Å². The molecule has 0 aliphatic heterocycles. The lowest BCUT2D eigenvalue weighted by atomic mass is 10.1. The van der Waals surface area contributed by atoms with E-state index in [4.69, 9.17) is 22.5 Å². The van der Waals surface area contributed by atoms with Crippen molar-refractivity contribution < 1.29 is 10.0 Å². The molecule has 0 aliphatic rings. The number of anilines is 1. The highest BCUT2D eigenvalue weighted by Gasteiger charge is 2.16. The lowest BCUT2D eigenvalue weighted by Gasteiger charge is -2.09. The first-order valence-corrected chi connectivity index (χ1v) is 6.92. The molecule has 4 N–H and O–H groups in total. The molecule has 2 rings (SSSR count). The smallest absolute Gasteiger partial charge is 0.267 e. The Labute approximate surface area is 124 Å². The summed E-state index contributed by atoms with van der Waals surface area (Å²) in [5.74, 6) is -0.402. The number of para-hydroxylation sites is 1. The van der Waals surface area contributed by atoms with Crippen molar-refractivity contribution >= 4 is 40.4 Å². The van der Waals surface area contributed by atoms with Gasteiger partial charge in [-0.3, -0.25) is 4.79 Å². The normalized spacial score (nSPS) is 11.4. The molecule has 0 atom stereocenters. The van der Waals surface area contributed by atoms with E-state index in [1.807, 2.05) is 12.3 Å². The minimum Gasteiger partial charge on any atom is -0.409 e. The van der Waals surface area contributed by atoms with Gasteiger partial charge in [-0.1, -0.05) is 28.9 Å². The van der Waals surface area contributed by atoms with Crippen LogP contribution in [0.25, 0.3) is 0 Å². The zero-order valence-corrected chi connectivity index (χ0v) is 12.1. The first-order chi connectivity index (χ1) is 9.54. The molecule has 0 saturated carbocycles. The predicted octanol–water partition coefficient (Wildman–Crippen LogP) is 3.06. The lowest BCUT2D eigenvalue weighted by Crippen LogP contribution is -2.18. The molecular formula is C13H12ClN3O2S. The Hall–Kier alpha value is -2.05. The van der Waals surface area contributed by atoms with E-state index in [1.165, 1.54) is 11.3 Å². The number of hydrogen-bond donors (Lipinski definition) is 3. The molecule has 0 unspecified atom stereocenters. The fourth-order valence-electron chi connectivity index (χ4n) is 1.63. The van der Waals surface area contributed by atoms with Gasteiger partial charge in [0.05, 0.1) is 10.7 Å². The lowest BCUT2D eigenvalue weighted by molar-refractivity contribution is 0.103. The maximum atomic E-state index is 12.2. The first kappa shape index (κ1) is 14.4. The number of hydrogen-bond acceptors (Lipinski definition) is 4. The molecule has 0 aliphatic carbocycles. The number of nitrogens with two attached hydrogens (primary N) is 1. The van der Waals surface area contributed by atoms with Gasteiger partial charge in [0.2, 0.25) is 0 Å². The van der Waals surface area contributed by atoms with Crippen LogP contribution in [0.2, 0.25) is 5.02 Å². The molecule has 0 radical (unpaired) electrons. The van der Waals surface area contributed by atoms with Crippen LogP contribution < -0.4 is 11.1 Å².